The summed E-state index contributed by atoms with van der Waals surface area (Å²) < 4.78 is 34.6. The maximum absolute atomic E-state index is 8.65. The Morgan fingerprint density at radius 3 is 1.17 bits per heavy atom. The molecule has 6 heavy (non-hydrogen) atoms. The molecule has 0 aromatic rings. The zero-order valence-corrected chi connectivity index (χ0v) is 9.36. The summed E-state index contributed by atoms with van der Waals surface area (Å²) >= 11 is -6.17. The van der Waals surface area contributed by atoms with Gasteiger partial charge >= 0.3 is 58.4 Å². The fourth-order valence-corrected chi connectivity index (χ4v) is 0. The molecule has 0 unspecified atom stereocenters. The van der Waals surface area contributed by atoms with E-state index in [9.17, 15) is 0 Å². The van der Waals surface area contributed by atoms with Gasteiger partial charge in [0.2, 0.25) is 0 Å². The van der Waals surface area contributed by atoms with E-state index >= 15 is 0 Å². The predicted molar refractivity (Wildman–Crippen MR) is 7.13 cm³/mol. The third kappa shape index (κ3) is 68.5. The van der Waals surface area contributed by atoms with Crippen LogP contribution < -0.4 is 7.52 Å². The van der Waals surface area contributed by atoms with Gasteiger partial charge in [-0.25, -0.2) is 0 Å². The molecular formula is O4PbW. The van der Waals surface area contributed by atoms with Gasteiger partial charge in [0.1, 0.15) is 0 Å². The zero-order valence-electron chi connectivity index (χ0n) is 2.54. The number of hydrogen-bond acceptors (Lipinski definition) is 4. The Balaban J connectivity index is 0. The second-order valence-corrected chi connectivity index (χ2v) is 3.34. The summed E-state index contributed by atoms with van der Waals surface area (Å²) in [4.78, 5) is 0. The molecule has 4 nitrogen and oxygen atoms in total. The minimum Gasteiger partial charge on any atom is 2.00 e. The molecular weight excluding hydrogens is 455 g/mol. The monoisotopic (exact) mass is 456 g/mol. The average molecular weight is 455 g/mol. The fraction of sp³-hybridized carbons (Fsp3) is 0. The van der Waals surface area contributed by atoms with Crippen LogP contribution in [0.1, 0.15) is 0 Å². The van der Waals surface area contributed by atoms with Crippen LogP contribution in [0.3, 0.4) is 0 Å². The Morgan fingerprint density at radius 2 is 1.17 bits per heavy atom. The van der Waals surface area contributed by atoms with Crippen molar-refractivity contribution in [2.75, 3.05) is 0 Å². The van der Waals surface area contributed by atoms with E-state index in [0.29, 0.717) is 0 Å². The van der Waals surface area contributed by atoms with Crippen molar-refractivity contribution in [1.29, 1.82) is 0 Å². The molecule has 0 saturated carbocycles. The summed E-state index contributed by atoms with van der Waals surface area (Å²) in [6.45, 7) is 0. The van der Waals surface area contributed by atoms with Crippen molar-refractivity contribution in [3.8, 4) is 0 Å². The van der Waals surface area contributed by atoms with Crippen molar-refractivity contribution in [2.24, 2.45) is 0 Å². The first-order chi connectivity index (χ1) is 2.00. The van der Waals surface area contributed by atoms with Gasteiger partial charge in [-0.2, -0.15) is 0 Å². The van der Waals surface area contributed by atoms with Gasteiger partial charge in [-0.1, -0.05) is 0 Å². The van der Waals surface area contributed by atoms with Gasteiger partial charge in [-0.05, 0) is 0 Å². The summed E-state index contributed by atoms with van der Waals surface area (Å²) in [6, 6.07) is 0. The summed E-state index contributed by atoms with van der Waals surface area (Å²) in [5.74, 6) is 0. The minimum absolute atomic E-state index is 0. The van der Waals surface area contributed by atoms with Crippen LogP contribution in [0.25, 0.3) is 0 Å². The van der Waals surface area contributed by atoms with Gasteiger partial charge < -0.3 is 0 Å². The Morgan fingerprint density at radius 1 is 1.17 bits per heavy atom. The van der Waals surface area contributed by atoms with Gasteiger partial charge in [-0.3, -0.25) is 0 Å². The minimum atomic E-state index is -6.17. The standard InChI is InChI=1S/4O.Pb.W/q;;2*-1;+2;. The molecule has 0 aliphatic rings. The molecule has 2 radical (unpaired) electrons. The molecule has 34 valence electrons. The quantitative estimate of drug-likeness (QED) is 0.365. The van der Waals surface area contributed by atoms with E-state index in [1.165, 1.54) is 0 Å². The van der Waals surface area contributed by atoms with E-state index < -0.39 is 16.7 Å². The third-order valence-corrected chi connectivity index (χ3v) is 0. The number of rotatable bonds is 0. The molecule has 0 heterocycles. The fourth-order valence-electron chi connectivity index (χ4n) is 0. The first-order valence-corrected chi connectivity index (χ1v) is 5.46. The number of hydrogen-bond donors (Lipinski definition) is 0. The normalized spacial score (nSPS) is 9.67. The Bertz CT molecular complexity index is 90.7. The Kier molecular flexibility index (Phi) is 5.39. The average Bonchev–Trinajstić information content (AvgIpc) is 0.722. The molecule has 0 aliphatic carbocycles. The molecule has 6 heteroatoms. The van der Waals surface area contributed by atoms with Crippen molar-refractivity contribution in [2.45, 2.75) is 0 Å². The SMILES string of the molecule is [O]=[W](=[O])([O-])[O-].[Pb+2]. The van der Waals surface area contributed by atoms with Crippen LogP contribution in [0.4, 0.5) is 0 Å². The largest absolute Gasteiger partial charge is 2.00 e. The summed E-state index contributed by atoms with van der Waals surface area (Å²) in [7, 11) is 0. The molecule has 0 amide bonds. The summed E-state index contributed by atoms with van der Waals surface area (Å²) in [5, 5.41) is 0. The topological polar surface area (TPSA) is 80.3 Å². The van der Waals surface area contributed by atoms with Gasteiger partial charge in [0.05, 0.1) is 0 Å². The van der Waals surface area contributed by atoms with Crippen LogP contribution >= 0.6 is 0 Å². The predicted octanol–water partition coefficient (Wildman–Crippen LogP) is -3.00. The van der Waals surface area contributed by atoms with Crippen molar-refractivity contribution < 1.29 is 31.1 Å². The van der Waals surface area contributed by atoms with E-state index in [1.807, 2.05) is 0 Å². The molecule has 0 N–H and O–H groups in total. The van der Waals surface area contributed by atoms with Gasteiger partial charge in [-0.15, -0.1) is 0 Å². The molecule has 0 saturated heterocycles. The van der Waals surface area contributed by atoms with Gasteiger partial charge in [0, 0.05) is 0 Å². The van der Waals surface area contributed by atoms with E-state index in [1.54, 1.807) is 0 Å². The van der Waals surface area contributed by atoms with Crippen molar-refractivity contribution in [3.63, 3.8) is 0 Å². The van der Waals surface area contributed by atoms with Crippen molar-refractivity contribution in [1.82, 2.24) is 0 Å². The van der Waals surface area contributed by atoms with Crippen molar-refractivity contribution in [3.05, 3.63) is 0 Å². The van der Waals surface area contributed by atoms with Crippen LogP contribution in [-0.2, 0) is 23.5 Å². The molecule has 0 spiro atoms. The maximum Gasteiger partial charge on any atom is 2.00 e. The summed E-state index contributed by atoms with van der Waals surface area (Å²) in [6.07, 6.45) is 0. The molecule has 0 aromatic carbocycles. The molecule has 0 fully saturated rings. The van der Waals surface area contributed by atoms with Gasteiger partial charge in [0.15, 0.2) is 0 Å². The summed E-state index contributed by atoms with van der Waals surface area (Å²) in [5.41, 5.74) is 0. The Labute approximate surface area is 58.1 Å². The van der Waals surface area contributed by atoms with E-state index in [2.05, 4.69) is 0 Å². The molecule has 0 aliphatic heterocycles. The zero-order chi connectivity index (χ0) is 4.50. The van der Waals surface area contributed by atoms with Crippen LogP contribution in [0.5, 0.6) is 0 Å². The van der Waals surface area contributed by atoms with E-state index in [0.717, 1.165) is 0 Å². The second-order valence-electron chi connectivity index (χ2n) is 0.408. The van der Waals surface area contributed by atoms with Crippen LogP contribution in [0, 0.1) is 0 Å². The molecule has 0 atom stereocenters. The Hall–Kier alpha value is 1.13. The van der Waals surface area contributed by atoms with Gasteiger partial charge in [0.25, 0.3) is 0 Å². The second kappa shape index (κ2) is 3.17. The van der Waals surface area contributed by atoms with Crippen LogP contribution in [0.2, 0.25) is 0 Å². The maximum atomic E-state index is 8.65. The van der Waals surface area contributed by atoms with Crippen molar-refractivity contribution >= 4 is 27.3 Å². The molecule has 0 bridgehead atoms. The third-order valence-electron chi connectivity index (χ3n) is 0. The first-order valence-electron chi connectivity index (χ1n) is 0.667. The van der Waals surface area contributed by atoms with E-state index in [-0.39, 0.29) is 27.3 Å². The van der Waals surface area contributed by atoms with Crippen LogP contribution in [-0.4, -0.2) is 27.3 Å². The molecule has 0 rings (SSSR count). The molecule has 0 aromatic heterocycles. The first kappa shape index (κ1) is 10.2. The van der Waals surface area contributed by atoms with E-state index in [4.69, 9.17) is 14.3 Å². The van der Waals surface area contributed by atoms with Crippen LogP contribution in [0.15, 0.2) is 0 Å². The smallest absolute Gasteiger partial charge is 2.00 e.